The number of hydrogen-bond donors (Lipinski definition) is 2. The average Bonchev–Trinajstić information content (AvgIpc) is 3.12. The van der Waals surface area contributed by atoms with Crippen molar-refractivity contribution in [1.29, 1.82) is 0 Å². The summed E-state index contributed by atoms with van der Waals surface area (Å²) >= 11 is 0. The van der Waals surface area contributed by atoms with Gasteiger partial charge < -0.3 is 10.3 Å². The van der Waals surface area contributed by atoms with Gasteiger partial charge in [-0.25, -0.2) is 4.39 Å². The highest BCUT2D eigenvalue weighted by Crippen LogP contribution is 2.18. The van der Waals surface area contributed by atoms with Gasteiger partial charge in [0, 0.05) is 23.0 Å². The molecule has 0 saturated carbocycles. The van der Waals surface area contributed by atoms with Crippen molar-refractivity contribution in [1.82, 2.24) is 4.98 Å². The third-order valence-corrected chi connectivity index (χ3v) is 4.32. The van der Waals surface area contributed by atoms with Crippen molar-refractivity contribution < 1.29 is 9.18 Å². The van der Waals surface area contributed by atoms with Gasteiger partial charge in [0.15, 0.2) is 0 Å². The van der Waals surface area contributed by atoms with E-state index in [2.05, 4.69) is 28.5 Å². The molecule has 3 nitrogen and oxygen atoms in total. The van der Waals surface area contributed by atoms with Gasteiger partial charge in [-0.05, 0) is 77.5 Å². The van der Waals surface area contributed by atoms with Crippen LogP contribution < -0.4 is 5.32 Å². The molecule has 1 amide bonds. The van der Waals surface area contributed by atoms with E-state index in [1.165, 1.54) is 23.1 Å². The zero-order chi connectivity index (χ0) is 17.9. The number of hydrogen-bond acceptors (Lipinski definition) is 1. The zero-order valence-electron chi connectivity index (χ0n) is 14.0. The highest BCUT2D eigenvalue weighted by Gasteiger charge is 2.08. The van der Waals surface area contributed by atoms with Gasteiger partial charge in [-0.1, -0.05) is 18.2 Å². The highest BCUT2D eigenvalue weighted by atomic mass is 19.1. The predicted molar refractivity (Wildman–Crippen MR) is 102 cm³/mol. The number of rotatable bonds is 4. The van der Waals surface area contributed by atoms with Crippen LogP contribution in [-0.2, 0) is 6.42 Å². The number of benzene rings is 3. The topological polar surface area (TPSA) is 44.9 Å². The summed E-state index contributed by atoms with van der Waals surface area (Å²) in [5, 5.41) is 3.96. The fourth-order valence-corrected chi connectivity index (χ4v) is 3.01. The number of carbonyl (C=O) groups is 1. The van der Waals surface area contributed by atoms with E-state index in [4.69, 9.17) is 0 Å². The quantitative estimate of drug-likeness (QED) is 0.528. The van der Waals surface area contributed by atoms with Crippen LogP contribution in [0, 0.1) is 5.82 Å². The van der Waals surface area contributed by atoms with Crippen LogP contribution in [0.4, 0.5) is 10.1 Å². The lowest BCUT2D eigenvalue weighted by atomic mass is 10.0. The number of amides is 1. The maximum absolute atomic E-state index is 13.0. The summed E-state index contributed by atoms with van der Waals surface area (Å²) in [6.45, 7) is 0. The first-order valence-electron chi connectivity index (χ1n) is 8.39. The molecule has 0 atom stereocenters. The number of nitrogens with one attached hydrogen (secondary N) is 2. The Balaban J connectivity index is 1.51. The molecule has 4 aromatic rings. The van der Waals surface area contributed by atoms with Crippen LogP contribution in [0.3, 0.4) is 0 Å². The summed E-state index contributed by atoms with van der Waals surface area (Å²) in [5.74, 6) is -0.538. The Kier molecular flexibility index (Phi) is 4.23. The van der Waals surface area contributed by atoms with Gasteiger partial charge in [-0.2, -0.15) is 0 Å². The predicted octanol–water partition coefficient (Wildman–Crippen LogP) is 5.15. The summed E-state index contributed by atoms with van der Waals surface area (Å²) in [4.78, 5) is 15.6. The smallest absolute Gasteiger partial charge is 0.255 e. The minimum absolute atomic E-state index is 0.209. The van der Waals surface area contributed by atoms with Crippen molar-refractivity contribution in [2.24, 2.45) is 0 Å². The molecule has 1 heterocycles. The minimum Gasteiger partial charge on any atom is -0.361 e. The number of carbonyl (C=O) groups excluding carboxylic acids is 1. The van der Waals surface area contributed by atoms with Crippen LogP contribution in [-0.4, -0.2) is 10.9 Å². The van der Waals surface area contributed by atoms with E-state index in [0.29, 0.717) is 11.3 Å². The molecule has 128 valence electrons. The first kappa shape index (κ1) is 16.1. The molecule has 4 heteroatoms. The Hall–Kier alpha value is -3.40. The molecule has 0 fully saturated rings. The number of anilines is 1. The number of aromatic nitrogens is 1. The van der Waals surface area contributed by atoms with Crippen molar-refractivity contribution in [2.45, 2.75) is 6.42 Å². The fraction of sp³-hybridized carbons (Fsp3) is 0.0455. The fourth-order valence-electron chi connectivity index (χ4n) is 3.01. The van der Waals surface area contributed by atoms with Crippen LogP contribution in [0.2, 0.25) is 0 Å². The Morgan fingerprint density at radius 1 is 0.923 bits per heavy atom. The first-order valence-corrected chi connectivity index (χ1v) is 8.39. The van der Waals surface area contributed by atoms with Gasteiger partial charge in [-0.15, -0.1) is 0 Å². The van der Waals surface area contributed by atoms with E-state index >= 15 is 0 Å². The van der Waals surface area contributed by atoms with E-state index in [9.17, 15) is 9.18 Å². The largest absolute Gasteiger partial charge is 0.361 e. The molecular formula is C22H17FN2O. The van der Waals surface area contributed by atoms with E-state index < -0.39 is 0 Å². The molecule has 0 saturated heterocycles. The SMILES string of the molecule is O=C(Nc1ccc(F)cc1)c1cccc(Cc2ccc3[nH]ccc3c2)c1. The highest BCUT2D eigenvalue weighted by molar-refractivity contribution is 6.04. The zero-order valence-corrected chi connectivity index (χ0v) is 14.0. The summed E-state index contributed by atoms with van der Waals surface area (Å²) in [5.41, 5.74) is 4.51. The monoisotopic (exact) mass is 344 g/mol. The van der Waals surface area contributed by atoms with Crippen molar-refractivity contribution in [3.05, 3.63) is 102 Å². The molecule has 3 aromatic carbocycles. The molecule has 0 spiro atoms. The molecule has 0 radical (unpaired) electrons. The normalized spacial score (nSPS) is 10.8. The van der Waals surface area contributed by atoms with Crippen LogP contribution in [0.15, 0.2) is 79.0 Å². The van der Waals surface area contributed by atoms with Crippen LogP contribution in [0.1, 0.15) is 21.5 Å². The van der Waals surface area contributed by atoms with Crippen LogP contribution in [0.25, 0.3) is 10.9 Å². The van der Waals surface area contributed by atoms with Gasteiger partial charge in [0.05, 0.1) is 0 Å². The van der Waals surface area contributed by atoms with E-state index in [1.807, 2.05) is 30.5 Å². The van der Waals surface area contributed by atoms with Crippen LogP contribution in [0.5, 0.6) is 0 Å². The summed E-state index contributed by atoms with van der Waals surface area (Å²) < 4.78 is 13.0. The van der Waals surface area contributed by atoms with Gasteiger partial charge in [0.2, 0.25) is 0 Å². The van der Waals surface area contributed by atoms with Crippen molar-refractivity contribution in [3.8, 4) is 0 Å². The molecule has 26 heavy (non-hydrogen) atoms. The van der Waals surface area contributed by atoms with Gasteiger partial charge in [0.1, 0.15) is 5.82 Å². The van der Waals surface area contributed by atoms with Crippen LogP contribution >= 0.6 is 0 Å². The van der Waals surface area contributed by atoms with Gasteiger partial charge >= 0.3 is 0 Å². The molecule has 4 rings (SSSR count). The Bertz CT molecular complexity index is 1070. The van der Waals surface area contributed by atoms with Crippen molar-refractivity contribution in [3.63, 3.8) is 0 Å². The van der Waals surface area contributed by atoms with Crippen molar-refractivity contribution in [2.75, 3.05) is 5.32 Å². The maximum atomic E-state index is 13.0. The molecule has 2 N–H and O–H groups in total. The van der Waals surface area contributed by atoms with Gasteiger partial charge in [-0.3, -0.25) is 4.79 Å². The molecular weight excluding hydrogens is 327 g/mol. The van der Waals surface area contributed by atoms with E-state index in [0.717, 1.165) is 17.5 Å². The second-order valence-electron chi connectivity index (χ2n) is 6.24. The Morgan fingerprint density at radius 3 is 2.58 bits per heavy atom. The second-order valence-corrected chi connectivity index (χ2v) is 6.24. The molecule has 0 unspecified atom stereocenters. The lowest BCUT2D eigenvalue weighted by Gasteiger charge is -2.08. The molecule has 0 aliphatic heterocycles. The second kappa shape index (κ2) is 6.84. The Labute approximate surface area is 150 Å². The molecule has 0 aliphatic carbocycles. The Morgan fingerprint density at radius 2 is 1.73 bits per heavy atom. The minimum atomic E-state index is -0.329. The van der Waals surface area contributed by atoms with E-state index in [1.54, 1.807) is 18.2 Å². The van der Waals surface area contributed by atoms with Gasteiger partial charge in [0.25, 0.3) is 5.91 Å². The standard InChI is InChI=1S/C22H17FN2O/c23-19-5-7-20(8-6-19)25-22(26)18-3-1-2-15(14-18)12-16-4-9-21-17(13-16)10-11-24-21/h1-11,13-14,24H,12H2,(H,25,26). The van der Waals surface area contributed by atoms with Crippen molar-refractivity contribution >= 4 is 22.5 Å². The first-order chi connectivity index (χ1) is 12.7. The third kappa shape index (κ3) is 3.49. The number of fused-ring (bicyclic) bond motifs is 1. The lowest BCUT2D eigenvalue weighted by Crippen LogP contribution is -2.12. The number of halogens is 1. The van der Waals surface area contributed by atoms with E-state index in [-0.39, 0.29) is 11.7 Å². The number of H-pyrrole nitrogens is 1. The summed E-state index contributed by atoms with van der Waals surface area (Å²) in [6.07, 6.45) is 2.67. The average molecular weight is 344 g/mol. The summed E-state index contributed by atoms with van der Waals surface area (Å²) in [6, 6.07) is 21.6. The third-order valence-electron chi connectivity index (χ3n) is 4.32. The number of aromatic amines is 1. The molecule has 0 aliphatic rings. The lowest BCUT2D eigenvalue weighted by molar-refractivity contribution is 0.102. The summed E-state index contributed by atoms with van der Waals surface area (Å²) in [7, 11) is 0. The molecule has 1 aromatic heterocycles. The molecule has 0 bridgehead atoms. The maximum Gasteiger partial charge on any atom is 0.255 e.